The Kier molecular flexibility index (Phi) is 3.96. The number of pyridine rings is 1. The smallest absolute Gasteiger partial charge is 0.243 e. The van der Waals surface area contributed by atoms with Gasteiger partial charge in [-0.15, -0.1) is 0 Å². The summed E-state index contributed by atoms with van der Waals surface area (Å²) >= 11 is 0. The monoisotopic (exact) mass is 263 g/mol. The molecular weight excluding hydrogens is 246 g/mol. The molecule has 0 radical (unpaired) electrons. The highest BCUT2D eigenvalue weighted by Gasteiger charge is 2.24. The third-order valence-corrected chi connectivity index (χ3v) is 2.87. The molecule has 102 valence electrons. The molecule has 2 heterocycles. The van der Waals surface area contributed by atoms with Crippen molar-refractivity contribution >= 4 is 23.2 Å². The maximum absolute atomic E-state index is 12.1. The van der Waals surface area contributed by atoms with E-state index in [0.29, 0.717) is 12.2 Å². The number of carbonyl (C=O) groups excluding carboxylic acids is 2. The van der Waals surface area contributed by atoms with Crippen molar-refractivity contribution in [1.82, 2.24) is 15.6 Å². The zero-order valence-corrected chi connectivity index (χ0v) is 10.9. The van der Waals surface area contributed by atoms with Crippen molar-refractivity contribution in [3.05, 3.63) is 18.5 Å². The largest absolute Gasteiger partial charge is 0.376 e. The van der Waals surface area contributed by atoms with Crippen molar-refractivity contribution < 1.29 is 9.59 Å². The van der Waals surface area contributed by atoms with Gasteiger partial charge < -0.3 is 15.5 Å². The number of nitrogens with zero attached hydrogens (tertiary/aromatic N) is 2. The van der Waals surface area contributed by atoms with E-state index in [0.717, 1.165) is 5.69 Å². The van der Waals surface area contributed by atoms with Crippen LogP contribution in [0, 0.1) is 0 Å². The predicted molar refractivity (Wildman–Crippen MR) is 72.0 cm³/mol. The summed E-state index contributed by atoms with van der Waals surface area (Å²) in [6.07, 6.45) is 3.28. The van der Waals surface area contributed by atoms with Crippen LogP contribution in [0.15, 0.2) is 18.5 Å². The van der Waals surface area contributed by atoms with Gasteiger partial charge in [-0.2, -0.15) is 0 Å². The van der Waals surface area contributed by atoms with Crippen LogP contribution < -0.4 is 20.9 Å². The molecule has 2 rings (SSSR count). The summed E-state index contributed by atoms with van der Waals surface area (Å²) < 4.78 is 0. The molecule has 1 saturated heterocycles. The van der Waals surface area contributed by atoms with E-state index < -0.39 is 6.04 Å². The SMILES string of the molecule is CN(C)c1ccncc1NC(=O)C1CNC(=O)CN1. The highest BCUT2D eigenvalue weighted by atomic mass is 16.2. The minimum absolute atomic E-state index is 0.0978. The normalized spacial score (nSPS) is 18.6. The summed E-state index contributed by atoms with van der Waals surface area (Å²) in [5.41, 5.74) is 1.53. The summed E-state index contributed by atoms with van der Waals surface area (Å²) in [6.45, 7) is 0.452. The lowest BCUT2D eigenvalue weighted by Gasteiger charge is -2.24. The molecule has 1 unspecified atom stereocenters. The summed E-state index contributed by atoms with van der Waals surface area (Å²) in [4.78, 5) is 29.0. The second-order valence-corrected chi connectivity index (χ2v) is 4.51. The molecule has 0 aliphatic carbocycles. The van der Waals surface area contributed by atoms with Crippen molar-refractivity contribution in [3.8, 4) is 0 Å². The topological polar surface area (TPSA) is 86.4 Å². The molecule has 0 aromatic carbocycles. The summed E-state index contributed by atoms with van der Waals surface area (Å²) in [5.74, 6) is -0.282. The van der Waals surface area contributed by atoms with Crippen LogP contribution in [0.3, 0.4) is 0 Å². The third-order valence-electron chi connectivity index (χ3n) is 2.87. The standard InChI is InChI=1S/C12H17N5O2/c1-17(2)10-3-4-13-5-8(10)16-12(19)9-6-15-11(18)7-14-9/h3-5,9,14H,6-7H2,1-2H3,(H,15,18)(H,16,19). The van der Waals surface area contributed by atoms with Gasteiger partial charge in [0, 0.05) is 26.8 Å². The first kappa shape index (κ1) is 13.3. The molecule has 7 nitrogen and oxygen atoms in total. The highest BCUT2D eigenvalue weighted by molar-refractivity contribution is 5.98. The number of piperazine rings is 1. The molecule has 2 amide bonds. The fourth-order valence-electron chi connectivity index (χ4n) is 1.85. The minimum atomic E-state index is -0.423. The Morgan fingerprint density at radius 3 is 2.95 bits per heavy atom. The van der Waals surface area contributed by atoms with Gasteiger partial charge in [-0.25, -0.2) is 0 Å². The van der Waals surface area contributed by atoms with Gasteiger partial charge in [-0.05, 0) is 6.07 Å². The second-order valence-electron chi connectivity index (χ2n) is 4.51. The summed E-state index contributed by atoms with van der Waals surface area (Å²) in [5, 5.41) is 8.35. The third kappa shape index (κ3) is 3.19. The van der Waals surface area contributed by atoms with E-state index in [1.807, 2.05) is 25.1 Å². The van der Waals surface area contributed by atoms with E-state index >= 15 is 0 Å². The van der Waals surface area contributed by atoms with Gasteiger partial charge in [0.05, 0.1) is 24.1 Å². The Morgan fingerprint density at radius 2 is 2.32 bits per heavy atom. The van der Waals surface area contributed by atoms with E-state index in [-0.39, 0.29) is 18.4 Å². The number of rotatable bonds is 3. The van der Waals surface area contributed by atoms with Crippen LogP contribution in [0.2, 0.25) is 0 Å². The molecule has 3 N–H and O–H groups in total. The number of carbonyl (C=O) groups is 2. The van der Waals surface area contributed by atoms with Crippen molar-refractivity contribution in [2.45, 2.75) is 6.04 Å². The van der Waals surface area contributed by atoms with Gasteiger partial charge in [0.2, 0.25) is 11.8 Å². The van der Waals surface area contributed by atoms with E-state index in [2.05, 4.69) is 20.9 Å². The van der Waals surface area contributed by atoms with Gasteiger partial charge >= 0.3 is 0 Å². The Hall–Kier alpha value is -2.15. The molecule has 1 aliphatic rings. The number of anilines is 2. The summed E-state index contributed by atoms with van der Waals surface area (Å²) in [6, 6.07) is 1.40. The molecule has 1 aromatic rings. The van der Waals surface area contributed by atoms with Crippen LogP contribution in [0.5, 0.6) is 0 Å². The molecule has 0 bridgehead atoms. The van der Waals surface area contributed by atoms with E-state index in [1.165, 1.54) is 0 Å². The maximum Gasteiger partial charge on any atom is 0.243 e. The van der Waals surface area contributed by atoms with Crippen LogP contribution >= 0.6 is 0 Å². The van der Waals surface area contributed by atoms with Gasteiger partial charge in [0.25, 0.3) is 0 Å². The molecule has 1 atom stereocenters. The molecule has 1 fully saturated rings. The summed E-state index contributed by atoms with van der Waals surface area (Å²) in [7, 11) is 3.79. The second kappa shape index (κ2) is 5.66. The first-order chi connectivity index (χ1) is 9.08. The Balaban J connectivity index is 2.05. The van der Waals surface area contributed by atoms with E-state index in [4.69, 9.17) is 0 Å². The van der Waals surface area contributed by atoms with Gasteiger partial charge in [-0.3, -0.25) is 19.9 Å². The molecular formula is C12H17N5O2. The lowest BCUT2D eigenvalue weighted by molar-refractivity contribution is -0.124. The van der Waals surface area contributed by atoms with Crippen molar-refractivity contribution in [2.75, 3.05) is 37.4 Å². The molecule has 0 saturated carbocycles. The maximum atomic E-state index is 12.1. The Bertz CT molecular complexity index is 479. The number of amides is 2. The van der Waals surface area contributed by atoms with Crippen LogP contribution in [0.4, 0.5) is 11.4 Å². The molecule has 19 heavy (non-hydrogen) atoms. The fourth-order valence-corrected chi connectivity index (χ4v) is 1.85. The molecule has 0 spiro atoms. The Morgan fingerprint density at radius 1 is 1.53 bits per heavy atom. The lowest BCUT2D eigenvalue weighted by atomic mass is 10.2. The number of nitrogens with one attached hydrogen (secondary N) is 3. The number of hydrogen-bond acceptors (Lipinski definition) is 5. The van der Waals surface area contributed by atoms with Crippen LogP contribution in [-0.2, 0) is 9.59 Å². The highest BCUT2D eigenvalue weighted by Crippen LogP contribution is 2.22. The molecule has 7 heteroatoms. The van der Waals surface area contributed by atoms with Crippen molar-refractivity contribution in [3.63, 3.8) is 0 Å². The van der Waals surface area contributed by atoms with Crippen LogP contribution in [0.1, 0.15) is 0 Å². The predicted octanol–water partition coefficient (Wildman–Crippen LogP) is -0.826. The Labute approximate surface area is 111 Å². The zero-order valence-electron chi connectivity index (χ0n) is 10.9. The fraction of sp³-hybridized carbons (Fsp3) is 0.417. The van der Waals surface area contributed by atoms with E-state index in [1.54, 1.807) is 12.4 Å². The molecule has 1 aliphatic heterocycles. The number of aromatic nitrogens is 1. The van der Waals surface area contributed by atoms with Crippen molar-refractivity contribution in [2.24, 2.45) is 0 Å². The van der Waals surface area contributed by atoms with Gasteiger partial charge in [0.1, 0.15) is 6.04 Å². The first-order valence-corrected chi connectivity index (χ1v) is 6.00. The van der Waals surface area contributed by atoms with Gasteiger partial charge in [0.15, 0.2) is 0 Å². The average molecular weight is 263 g/mol. The van der Waals surface area contributed by atoms with E-state index in [9.17, 15) is 9.59 Å². The average Bonchev–Trinajstić information content (AvgIpc) is 2.39. The quantitative estimate of drug-likeness (QED) is 0.663. The van der Waals surface area contributed by atoms with Crippen LogP contribution in [0.25, 0.3) is 0 Å². The van der Waals surface area contributed by atoms with Crippen LogP contribution in [-0.4, -0.2) is 50.0 Å². The first-order valence-electron chi connectivity index (χ1n) is 6.00. The molecule has 1 aromatic heterocycles. The van der Waals surface area contributed by atoms with Crippen molar-refractivity contribution in [1.29, 1.82) is 0 Å². The minimum Gasteiger partial charge on any atom is -0.376 e. The number of hydrogen-bond donors (Lipinski definition) is 3. The van der Waals surface area contributed by atoms with Gasteiger partial charge in [-0.1, -0.05) is 0 Å². The lowest BCUT2D eigenvalue weighted by Crippen LogP contribution is -2.56. The zero-order chi connectivity index (χ0) is 13.8.